The van der Waals surface area contributed by atoms with Crippen molar-refractivity contribution in [3.63, 3.8) is 0 Å². The number of hydrogen-bond acceptors (Lipinski definition) is 3. The van der Waals surface area contributed by atoms with Gasteiger partial charge in [0.25, 0.3) is 6.43 Å². The molecule has 0 aromatic carbocycles. The second kappa shape index (κ2) is 6.37. The number of nitrogens with one attached hydrogen (secondary N) is 1. The third-order valence-corrected chi connectivity index (χ3v) is 1.81. The summed E-state index contributed by atoms with van der Waals surface area (Å²) in [5.41, 5.74) is 0.789. The Balaban J connectivity index is 2.56. The Morgan fingerprint density at radius 1 is 1.44 bits per heavy atom. The molecule has 0 atom stereocenters. The van der Waals surface area contributed by atoms with E-state index < -0.39 is 6.43 Å². The van der Waals surface area contributed by atoms with Crippen molar-refractivity contribution < 1.29 is 13.5 Å². The highest BCUT2D eigenvalue weighted by atomic mass is 19.3. The molecule has 1 N–H and O–H groups in total. The molecule has 1 heterocycles. The molecule has 0 unspecified atom stereocenters. The summed E-state index contributed by atoms with van der Waals surface area (Å²) in [5.74, 6) is 0.499. The van der Waals surface area contributed by atoms with Gasteiger partial charge in [-0.25, -0.2) is 13.8 Å². The molecule has 5 heteroatoms. The van der Waals surface area contributed by atoms with Gasteiger partial charge >= 0.3 is 0 Å². The van der Waals surface area contributed by atoms with Crippen LogP contribution in [0.1, 0.15) is 19.4 Å². The smallest absolute Gasteiger partial charge is 0.250 e. The number of rotatable bonds is 6. The molecule has 0 saturated heterocycles. The van der Waals surface area contributed by atoms with Crippen LogP contribution in [0.25, 0.3) is 0 Å². The molecule has 0 aliphatic heterocycles. The highest BCUT2D eigenvalue weighted by molar-refractivity contribution is 5.25. The molecule has 0 spiro atoms. The third-order valence-electron chi connectivity index (χ3n) is 1.81. The van der Waals surface area contributed by atoms with Gasteiger partial charge in [0.05, 0.1) is 12.6 Å². The van der Waals surface area contributed by atoms with Crippen molar-refractivity contribution in [3.05, 3.63) is 23.9 Å². The summed E-state index contributed by atoms with van der Waals surface area (Å²) in [6.07, 6.45) is -0.705. The van der Waals surface area contributed by atoms with Gasteiger partial charge in [0.1, 0.15) is 0 Å². The van der Waals surface area contributed by atoms with Crippen LogP contribution in [0, 0.1) is 0 Å². The van der Waals surface area contributed by atoms with E-state index in [-0.39, 0.29) is 12.6 Å². The van der Waals surface area contributed by atoms with Crippen LogP contribution in [-0.4, -0.2) is 24.1 Å². The number of nitrogens with zero attached hydrogens (tertiary/aromatic N) is 1. The highest BCUT2D eigenvalue weighted by Crippen LogP contribution is 2.15. The van der Waals surface area contributed by atoms with E-state index in [9.17, 15) is 8.78 Å². The second-order valence-corrected chi connectivity index (χ2v) is 3.66. The summed E-state index contributed by atoms with van der Waals surface area (Å²) in [6, 6.07) is 3.57. The topological polar surface area (TPSA) is 34.1 Å². The number of hydrogen-bond donors (Lipinski definition) is 1. The number of ether oxygens (including phenoxy) is 1. The van der Waals surface area contributed by atoms with Gasteiger partial charge in [-0.1, -0.05) is 6.07 Å². The number of aromatic nitrogens is 1. The van der Waals surface area contributed by atoms with Crippen molar-refractivity contribution in [2.75, 3.05) is 6.54 Å². The first-order valence-corrected chi connectivity index (χ1v) is 5.19. The fourth-order valence-electron chi connectivity index (χ4n) is 1.20. The molecular formula is C11H16F2N2O. The van der Waals surface area contributed by atoms with Crippen LogP contribution < -0.4 is 10.1 Å². The van der Waals surface area contributed by atoms with Crippen LogP contribution in [0.15, 0.2) is 18.3 Å². The van der Waals surface area contributed by atoms with Gasteiger partial charge in [0, 0.05) is 18.3 Å². The molecule has 0 fully saturated rings. The molecule has 1 aromatic heterocycles. The first-order valence-electron chi connectivity index (χ1n) is 5.19. The maximum absolute atomic E-state index is 11.9. The van der Waals surface area contributed by atoms with Gasteiger partial charge in [-0.05, 0) is 19.9 Å². The maximum atomic E-state index is 11.9. The molecule has 3 nitrogen and oxygen atoms in total. The van der Waals surface area contributed by atoms with E-state index in [1.54, 1.807) is 12.3 Å². The molecule has 16 heavy (non-hydrogen) atoms. The fraction of sp³-hybridized carbons (Fsp3) is 0.545. The van der Waals surface area contributed by atoms with E-state index in [1.807, 2.05) is 19.9 Å². The number of alkyl halides is 2. The van der Waals surface area contributed by atoms with E-state index in [0.717, 1.165) is 5.56 Å². The Labute approximate surface area is 93.8 Å². The van der Waals surface area contributed by atoms with Crippen molar-refractivity contribution >= 4 is 0 Å². The van der Waals surface area contributed by atoms with Crippen molar-refractivity contribution in [2.45, 2.75) is 32.9 Å². The predicted molar refractivity (Wildman–Crippen MR) is 57.7 cm³/mol. The highest BCUT2D eigenvalue weighted by Gasteiger charge is 2.07. The lowest BCUT2D eigenvalue weighted by Gasteiger charge is -2.13. The lowest BCUT2D eigenvalue weighted by molar-refractivity contribution is 0.145. The molecule has 1 rings (SSSR count). The van der Waals surface area contributed by atoms with Crippen molar-refractivity contribution in [1.29, 1.82) is 0 Å². The Kier molecular flexibility index (Phi) is 5.11. The van der Waals surface area contributed by atoms with E-state index in [4.69, 9.17) is 4.74 Å². The fourth-order valence-corrected chi connectivity index (χ4v) is 1.20. The SMILES string of the molecule is CC(C)Oc1ncccc1CNCC(F)F. The number of pyridine rings is 1. The molecule has 0 bridgehead atoms. The maximum Gasteiger partial charge on any atom is 0.250 e. The average Bonchev–Trinajstić information content (AvgIpc) is 2.19. The normalized spacial score (nSPS) is 11.1. The van der Waals surface area contributed by atoms with Gasteiger partial charge < -0.3 is 10.1 Å². The van der Waals surface area contributed by atoms with Gasteiger partial charge in [0.15, 0.2) is 0 Å². The summed E-state index contributed by atoms with van der Waals surface area (Å²) >= 11 is 0. The minimum absolute atomic E-state index is 0.0174. The van der Waals surface area contributed by atoms with E-state index in [1.165, 1.54) is 0 Å². The standard InChI is InChI=1S/C11H16F2N2O/c1-8(2)16-11-9(4-3-5-15-11)6-14-7-10(12)13/h3-5,8,10,14H,6-7H2,1-2H3. The summed E-state index contributed by atoms with van der Waals surface area (Å²) in [6.45, 7) is 3.80. The zero-order chi connectivity index (χ0) is 12.0. The van der Waals surface area contributed by atoms with Crippen molar-refractivity contribution in [1.82, 2.24) is 10.3 Å². The first-order chi connectivity index (χ1) is 7.59. The van der Waals surface area contributed by atoms with Gasteiger partial charge in [-0.3, -0.25) is 0 Å². The molecular weight excluding hydrogens is 214 g/mol. The molecule has 0 radical (unpaired) electrons. The quantitative estimate of drug-likeness (QED) is 0.813. The minimum Gasteiger partial charge on any atom is -0.475 e. The van der Waals surface area contributed by atoms with Crippen LogP contribution in [0.3, 0.4) is 0 Å². The Morgan fingerprint density at radius 2 is 2.19 bits per heavy atom. The average molecular weight is 230 g/mol. The molecule has 90 valence electrons. The third kappa shape index (κ3) is 4.53. The predicted octanol–water partition coefficient (Wildman–Crippen LogP) is 2.22. The Morgan fingerprint density at radius 3 is 2.81 bits per heavy atom. The Bertz CT molecular complexity index is 319. The van der Waals surface area contributed by atoms with Crippen LogP contribution in [0.5, 0.6) is 5.88 Å². The van der Waals surface area contributed by atoms with E-state index >= 15 is 0 Å². The van der Waals surface area contributed by atoms with Gasteiger partial charge in [0.2, 0.25) is 5.88 Å². The van der Waals surface area contributed by atoms with E-state index in [0.29, 0.717) is 12.4 Å². The summed E-state index contributed by atoms with van der Waals surface area (Å²) in [4.78, 5) is 4.07. The second-order valence-electron chi connectivity index (χ2n) is 3.66. The van der Waals surface area contributed by atoms with Crippen molar-refractivity contribution in [3.8, 4) is 5.88 Å². The first kappa shape index (κ1) is 12.8. The molecule has 0 aliphatic carbocycles. The minimum atomic E-state index is -2.34. The van der Waals surface area contributed by atoms with Crippen LogP contribution in [0.4, 0.5) is 8.78 Å². The molecule has 0 amide bonds. The summed E-state index contributed by atoms with van der Waals surface area (Å²) < 4.78 is 29.3. The lowest BCUT2D eigenvalue weighted by atomic mass is 10.2. The summed E-state index contributed by atoms with van der Waals surface area (Å²) in [5, 5.41) is 2.64. The summed E-state index contributed by atoms with van der Waals surface area (Å²) in [7, 11) is 0. The molecule has 1 aromatic rings. The molecule has 0 saturated carbocycles. The zero-order valence-electron chi connectivity index (χ0n) is 9.41. The van der Waals surface area contributed by atoms with Crippen LogP contribution in [-0.2, 0) is 6.54 Å². The zero-order valence-corrected chi connectivity index (χ0v) is 9.41. The van der Waals surface area contributed by atoms with Crippen molar-refractivity contribution in [2.24, 2.45) is 0 Å². The number of halogens is 2. The van der Waals surface area contributed by atoms with Crippen LogP contribution >= 0.6 is 0 Å². The van der Waals surface area contributed by atoms with Gasteiger partial charge in [-0.2, -0.15) is 0 Å². The Hall–Kier alpha value is -1.23. The monoisotopic (exact) mass is 230 g/mol. The molecule has 0 aliphatic rings. The lowest BCUT2D eigenvalue weighted by Crippen LogP contribution is -2.21. The van der Waals surface area contributed by atoms with Gasteiger partial charge in [-0.15, -0.1) is 0 Å². The largest absolute Gasteiger partial charge is 0.475 e. The van der Waals surface area contributed by atoms with Crippen LogP contribution in [0.2, 0.25) is 0 Å². The van der Waals surface area contributed by atoms with E-state index in [2.05, 4.69) is 10.3 Å².